The fraction of sp³-hybridized carbons (Fsp3) is 0.538. The Bertz CT molecular complexity index is 344. The van der Waals surface area contributed by atoms with Gasteiger partial charge in [0, 0.05) is 11.0 Å². The molecule has 1 rings (SSSR count). The lowest BCUT2D eigenvalue weighted by molar-refractivity contribution is 0.159. The lowest BCUT2D eigenvalue weighted by Gasteiger charge is -2.10. The fourth-order valence-corrected chi connectivity index (χ4v) is 1.90. The van der Waals surface area contributed by atoms with Crippen LogP contribution in [0.25, 0.3) is 0 Å². The third-order valence-electron chi connectivity index (χ3n) is 2.69. The van der Waals surface area contributed by atoms with Gasteiger partial charge in [-0.25, -0.2) is 0 Å². The molecule has 0 aromatic heterocycles. The largest absolute Gasteiger partial charge is 0.497 e. The normalized spacial score (nSPS) is 12.5. The molecule has 1 atom stereocenters. The van der Waals surface area contributed by atoms with E-state index < -0.39 is 0 Å². The van der Waals surface area contributed by atoms with E-state index in [4.69, 9.17) is 4.74 Å². The van der Waals surface area contributed by atoms with Crippen molar-refractivity contribution in [2.24, 2.45) is 0 Å². The highest BCUT2D eigenvalue weighted by Crippen LogP contribution is 2.22. The number of benzene rings is 1. The fourth-order valence-electron chi connectivity index (χ4n) is 1.51. The van der Waals surface area contributed by atoms with Crippen LogP contribution in [0.1, 0.15) is 25.3 Å². The van der Waals surface area contributed by atoms with Crippen molar-refractivity contribution < 1.29 is 9.84 Å². The standard InChI is InChI=1S/C13H20BrNO2/c1-3-11(16)6-7-15-9-10-8-12(17-2)4-5-13(10)14/h4-5,8,11,15-16H,3,6-7,9H2,1-2H3. The average Bonchev–Trinajstić information content (AvgIpc) is 2.36. The van der Waals surface area contributed by atoms with E-state index in [2.05, 4.69) is 21.2 Å². The lowest BCUT2D eigenvalue weighted by atomic mass is 10.2. The maximum Gasteiger partial charge on any atom is 0.119 e. The van der Waals surface area contributed by atoms with E-state index in [1.807, 2.05) is 25.1 Å². The Balaban J connectivity index is 2.40. The minimum Gasteiger partial charge on any atom is -0.497 e. The van der Waals surface area contributed by atoms with E-state index in [-0.39, 0.29) is 6.10 Å². The first-order chi connectivity index (χ1) is 8.17. The summed E-state index contributed by atoms with van der Waals surface area (Å²) in [6, 6.07) is 5.92. The van der Waals surface area contributed by atoms with Crippen LogP contribution < -0.4 is 10.1 Å². The van der Waals surface area contributed by atoms with Crippen molar-refractivity contribution in [3.05, 3.63) is 28.2 Å². The molecule has 0 bridgehead atoms. The molecular weight excluding hydrogens is 282 g/mol. The molecule has 1 aromatic rings. The highest BCUT2D eigenvalue weighted by Gasteiger charge is 2.03. The summed E-state index contributed by atoms with van der Waals surface area (Å²) in [4.78, 5) is 0. The minimum absolute atomic E-state index is 0.198. The second kappa shape index (κ2) is 7.69. The van der Waals surface area contributed by atoms with Crippen molar-refractivity contribution in [1.82, 2.24) is 5.32 Å². The van der Waals surface area contributed by atoms with Crippen LogP contribution >= 0.6 is 15.9 Å². The van der Waals surface area contributed by atoms with Crippen LogP contribution in [0.5, 0.6) is 5.75 Å². The lowest BCUT2D eigenvalue weighted by Crippen LogP contribution is -2.20. The van der Waals surface area contributed by atoms with Crippen molar-refractivity contribution in [3.8, 4) is 5.75 Å². The Hall–Kier alpha value is -0.580. The molecule has 0 aliphatic carbocycles. The highest BCUT2D eigenvalue weighted by molar-refractivity contribution is 9.10. The van der Waals surface area contributed by atoms with E-state index in [9.17, 15) is 5.11 Å². The molecule has 0 saturated heterocycles. The molecule has 0 aliphatic heterocycles. The van der Waals surface area contributed by atoms with Crippen LogP contribution in [-0.2, 0) is 6.54 Å². The molecule has 4 heteroatoms. The molecule has 0 spiro atoms. The van der Waals surface area contributed by atoms with Crippen LogP contribution in [-0.4, -0.2) is 24.9 Å². The number of aliphatic hydroxyl groups is 1. The maximum atomic E-state index is 9.42. The first-order valence-corrected chi connectivity index (χ1v) is 6.67. The van der Waals surface area contributed by atoms with Gasteiger partial charge in [0.25, 0.3) is 0 Å². The van der Waals surface area contributed by atoms with E-state index in [0.29, 0.717) is 0 Å². The summed E-state index contributed by atoms with van der Waals surface area (Å²) in [5, 5.41) is 12.7. The summed E-state index contributed by atoms with van der Waals surface area (Å²) < 4.78 is 6.25. The molecule has 0 heterocycles. The molecule has 3 nitrogen and oxygen atoms in total. The number of methoxy groups -OCH3 is 1. The van der Waals surface area contributed by atoms with E-state index in [1.165, 1.54) is 0 Å². The number of halogens is 1. The monoisotopic (exact) mass is 301 g/mol. The zero-order chi connectivity index (χ0) is 12.7. The predicted molar refractivity (Wildman–Crippen MR) is 73.3 cm³/mol. The SMILES string of the molecule is CCC(O)CCNCc1cc(OC)ccc1Br. The Morgan fingerprint density at radius 3 is 2.88 bits per heavy atom. The van der Waals surface area contributed by atoms with Gasteiger partial charge in [0.1, 0.15) is 5.75 Å². The maximum absolute atomic E-state index is 9.42. The number of rotatable bonds is 7. The smallest absolute Gasteiger partial charge is 0.119 e. The van der Waals surface area contributed by atoms with E-state index in [0.717, 1.165) is 41.7 Å². The molecule has 0 amide bonds. The Kier molecular flexibility index (Phi) is 6.55. The second-order valence-corrected chi connectivity index (χ2v) is 4.84. The molecule has 17 heavy (non-hydrogen) atoms. The van der Waals surface area contributed by atoms with Crippen molar-refractivity contribution in [1.29, 1.82) is 0 Å². The van der Waals surface area contributed by atoms with Crippen molar-refractivity contribution in [3.63, 3.8) is 0 Å². The number of nitrogens with one attached hydrogen (secondary N) is 1. The van der Waals surface area contributed by atoms with Gasteiger partial charge in [0.2, 0.25) is 0 Å². The third-order valence-corrected chi connectivity index (χ3v) is 3.47. The summed E-state index contributed by atoms with van der Waals surface area (Å²) in [5.41, 5.74) is 1.16. The summed E-state index contributed by atoms with van der Waals surface area (Å²) in [5.74, 6) is 0.860. The second-order valence-electron chi connectivity index (χ2n) is 3.98. The number of ether oxygens (including phenoxy) is 1. The topological polar surface area (TPSA) is 41.5 Å². The Morgan fingerprint density at radius 2 is 2.24 bits per heavy atom. The van der Waals surface area contributed by atoms with Gasteiger partial charge < -0.3 is 15.2 Å². The summed E-state index contributed by atoms with van der Waals surface area (Å²) in [7, 11) is 1.66. The first-order valence-electron chi connectivity index (χ1n) is 5.88. The van der Waals surface area contributed by atoms with Crippen molar-refractivity contribution in [2.75, 3.05) is 13.7 Å². The molecule has 0 aliphatic rings. The van der Waals surface area contributed by atoms with Gasteiger partial charge in [-0.1, -0.05) is 22.9 Å². The number of aliphatic hydroxyl groups excluding tert-OH is 1. The van der Waals surface area contributed by atoms with Gasteiger partial charge >= 0.3 is 0 Å². The van der Waals surface area contributed by atoms with Gasteiger partial charge in [-0.3, -0.25) is 0 Å². The van der Waals surface area contributed by atoms with Crippen LogP contribution in [0.2, 0.25) is 0 Å². The molecule has 2 N–H and O–H groups in total. The number of hydrogen-bond donors (Lipinski definition) is 2. The molecule has 96 valence electrons. The van der Waals surface area contributed by atoms with Crippen LogP contribution in [0.4, 0.5) is 0 Å². The van der Waals surface area contributed by atoms with Gasteiger partial charge in [-0.15, -0.1) is 0 Å². The van der Waals surface area contributed by atoms with Gasteiger partial charge in [0.15, 0.2) is 0 Å². The van der Waals surface area contributed by atoms with Crippen molar-refractivity contribution >= 4 is 15.9 Å². The van der Waals surface area contributed by atoms with Crippen LogP contribution in [0.15, 0.2) is 22.7 Å². The Labute approximate surface area is 111 Å². The predicted octanol–water partition coefficient (Wildman–Crippen LogP) is 2.71. The zero-order valence-electron chi connectivity index (χ0n) is 10.4. The molecule has 0 fully saturated rings. The van der Waals surface area contributed by atoms with Gasteiger partial charge in [0.05, 0.1) is 13.2 Å². The van der Waals surface area contributed by atoms with E-state index >= 15 is 0 Å². The Morgan fingerprint density at radius 1 is 1.47 bits per heavy atom. The molecule has 1 aromatic carbocycles. The molecule has 0 saturated carbocycles. The van der Waals surface area contributed by atoms with E-state index in [1.54, 1.807) is 7.11 Å². The highest BCUT2D eigenvalue weighted by atomic mass is 79.9. The van der Waals surface area contributed by atoms with Gasteiger partial charge in [-0.2, -0.15) is 0 Å². The van der Waals surface area contributed by atoms with Crippen LogP contribution in [0.3, 0.4) is 0 Å². The molecule has 0 radical (unpaired) electrons. The first kappa shape index (κ1) is 14.5. The van der Waals surface area contributed by atoms with Crippen molar-refractivity contribution in [2.45, 2.75) is 32.4 Å². The van der Waals surface area contributed by atoms with Crippen LogP contribution in [0, 0.1) is 0 Å². The summed E-state index contributed by atoms with van der Waals surface area (Å²) in [6.45, 7) is 3.58. The average molecular weight is 302 g/mol. The third kappa shape index (κ3) is 5.06. The van der Waals surface area contributed by atoms with Gasteiger partial charge in [-0.05, 0) is 43.1 Å². The minimum atomic E-state index is -0.198. The summed E-state index contributed by atoms with van der Waals surface area (Å²) >= 11 is 3.51. The zero-order valence-corrected chi connectivity index (χ0v) is 12.0. The molecule has 1 unspecified atom stereocenters. The summed E-state index contributed by atoms with van der Waals surface area (Å²) in [6.07, 6.45) is 1.40. The molecular formula is C13H20BrNO2. The number of hydrogen-bond acceptors (Lipinski definition) is 3. The quantitative estimate of drug-likeness (QED) is 0.761.